The van der Waals surface area contributed by atoms with Gasteiger partial charge in [-0.15, -0.1) is 11.8 Å². The smallest absolute Gasteiger partial charge is 0.307 e. The Hall–Kier alpha value is -6.88. The summed E-state index contributed by atoms with van der Waals surface area (Å²) in [5, 5.41) is 19.8. The number of halogens is 2. The summed E-state index contributed by atoms with van der Waals surface area (Å²) in [4.78, 5) is 22.9. The number of fused-ring (bicyclic) bond motifs is 2. The average Bonchev–Trinajstić information content (AvgIpc) is 3.98. The molecule has 2 aliphatic heterocycles. The van der Waals surface area contributed by atoms with Crippen LogP contribution in [-0.2, 0) is 45.1 Å². The molecule has 6 aromatic rings. The maximum atomic E-state index is 11.7. The van der Waals surface area contributed by atoms with Crippen LogP contribution >= 0.6 is 23.2 Å². The Morgan fingerprint density at radius 2 is 1.06 bits per heavy atom. The van der Waals surface area contributed by atoms with Gasteiger partial charge < -0.3 is 33.9 Å². The minimum absolute atomic E-state index is 0.00475. The number of aliphatic hydroxyl groups excluding tert-OH is 1. The zero-order valence-electron chi connectivity index (χ0n) is 37.8. The van der Waals surface area contributed by atoms with Gasteiger partial charge in [0.2, 0.25) is 0 Å². The van der Waals surface area contributed by atoms with Crippen LogP contribution < -0.4 is 14.2 Å². The molecule has 0 aromatic heterocycles. The lowest BCUT2D eigenvalue weighted by Crippen LogP contribution is -2.07. The van der Waals surface area contributed by atoms with E-state index in [1.165, 1.54) is 19.8 Å². The van der Waals surface area contributed by atoms with Crippen molar-refractivity contribution in [3.05, 3.63) is 188 Å². The van der Waals surface area contributed by atoms with E-state index in [9.17, 15) is 9.59 Å². The van der Waals surface area contributed by atoms with Crippen molar-refractivity contribution < 1.29 is 43.5 Å². The molecule has 0 saturated carbocycles. The molecule has 0 bridgehead atoms. The second-order valence-electron chi connectivity index (χ2n) is 15.7. The van der Waals surface area contributed by atoms with Crippen LogP contribution in [0.5, 0.6) is 23.0 Å². The number of aromatic hydroxyl groups is 1. The van der Waals surface area contributed by atoms with Crippen LogP contribution in [0.3, 0.4) is 0 Å². The number of hydrogen-bond donors (Lipinski definition) is 2. The maximum absolute atomic E-state index is 11.7. The molecule has 0 aliphatic carbocycles. The zero-order chi connectivity index (χ0) is 47.7. The SMILES string of the molecule is CC#C[C@@H](CC(=O)OC)c1ccc(O)cc1.CC#C[C@@H](CC(=O)OC)c1ccc(OCc2ccc3c(c2)C[C@H](c2ccc(Cl)cc2)O3)cc1.OCc1ccc2c(c1)C[C@H](c1ccc(Cl)cc1)O2. The molecule has 4 atom stereocenters. The minimum Gasteiger partial charge on any atom is -0.508 e. The fourth-order valence-electron chi connectivity index (χ4n) is 7.54. The molecule has 0 radical (unpaired) electrons. The van der Waals surface area contributed by atoms with Crippen LogP contribution in [0.1, 0.15) is 95.2 Å². The summed E-state index contributed by atoms with van der Waals surface area (Å²) in [6.07, 6.45) is 2.16. The Labute approximate surface area is 402 Å². The Kier molecular flexibility index (Phi) is 18.2. The summed E-state index contributed by atoms with van der Waals surface area (Å²) in [6.45, 7) is 4.02. The highest BCUT2D eigenvalue weighted by atomic mass is 35.5. The molecular weight excluding hydrogens is 888 g/mol. The minimum atomic E-state index is -0.291. The van der Waals surface area contributed by atoms with E-state index in [1.807, 2.05) is 103 Å². The topological polar surface area (TPSA) is 121 Å². The second kappa shape index (κ2) is 24.6. The third-order valence-electron chi connectivity index (χ3n) is 11.1. The number of carbonyl (C=O) groups is 2. The first-order valence-electron chi connectivity index (χ1n) is 21.7. The van der Waals surface area contributed by atoms with Gasteiger partial charge in [-0.3, -0.25) is 9.59 Å². The fourth-order valence-corrected chi connectivity index (χ4v) is 7.79. The van der Waals surface area contributed by atoms with E-state index in [0.29, 0.717) is 6.61 Å². The van der Waals surface area contributed by atoms with Crippen molar-refractivity contribution in [3.63, 3.8) is 0 Å². The highest BCUT2D eigenvalue weighted by Gasteiger charge is 2.26. The number of aliphatic hydroxyl groups is 1. The molecule has 0 amide bonds. The Morgan fingerprint density at radius 1 is 0.627 bits per heavy atom. The number of hydrogen-bond acceptors (Lipinski definition) is 9. The Balaban J connectivity index is 0.000000183. The van der Waals surface area contributed by atoms with Gasteiger partial charge in [-0.2, -0.15) is 0 Å². The summed E-state index contributed by atoms with van der Waals surface area (Å²) < 4.78 is 27.4. The third kappa shape index (κ3) is 14.3. The summed E-state index contributed by atoms with van der Waals surface area (Å²) in [7, 11) is 2.74. The van der Waals surface area contributed by atoms with Crippen molar-refractivity contribution in [3.8, 4) is 46.7 Å². The van der Waals surface area contributed by atoms with Crippen LogP contribution in [0.4, 0.5) is 0 Å². The van der Waals surface area contributed by atoms with Gasteiger partial charge in [0.25, 0.3) is 0 Å². The second-order valence-corrected chi connectivity index (χ2v) is 16.5. The van der Waals surface area contributed by atoms with Crippen LogP contribution in [0.15, 0.2) is 133 Å². The van der Waals surface area contributed by atoms with Crippen molar-refractivity contribution in [1.82, 2.24) is 0 Å². The van der Waals surface area contributed by atoms with Crippen LogP contribution in [-0.4, -0.2) is 36.4 Å². The van der Waals surface area contributed by atoms with Crippen molar-refractivity contribution in [1.29, 1.82) is 0 Å². The van der Waals surface area contributed by atoms with E-state index < -0.39 is 0 Å². The van der Waals surface area contributed by atoms with Gasteiger partial charge in [-0.05, 0) is 131 Å². The molecule has 0 fully saturated rings. The van der Waals surface area contributed by atoms with E-state index >= 15 is 0 Å². The van der Waals surface area contributed by atoms with Crippen LogP contribution in [0.25, 0.3) is 0 Å². The first-order chi connectivity index (χ1) is 32.5. The number of esters is 2. The lowest BCUT2D eigenvalue weighted by molar-refractivity contribution is -0.141. The van der Waals surface area contributed by atoms with E-state index in [0.717, 1.165) is 79.1 Å². The number of phenols is 1. The normalized spacial score (nSPS) is 14.7. The number of carbonyl (C=O) groups excluding carboxylic acids is 2. The van der Waals surface area contributed by atoms with Gasteiger partial charge in [0.1, 0.15) is 41.8 Å². The molecule has 67 heavy (non-hydrogen) atoms. The summed E-state index contributed by atoms with van der Waals surface area (Å²) in [6, 6.07) is 41.9. The molecular formula is C56H52Cl2O9. The first-order valence-corrected chi connectivity index (χ1v) is 22.4. The van der Waals surface area contributed by atoms with Crippen molar-refractivity contribution in [2.75, 3.05) is 14.2 Å². The van der Waals surface area contributed by atoms with Crippen LogP contribution in [0.2, 0.25) is 10.0 Å². The van der Waals surface area contributed by atoms with Crippen molar-refractivity contribution in [2.24, 2.45) is 0 Å². The summed E-state index contributed by atoms with van der Waals surface area (Å²) in [5.74, 6) is 13.5. The van der Waals surface area contributed by atoms with Gasteiger partial charge in [-0.1, -0.05) is 95.7 Å². The summed E-state index contributed by atoms with van der Waals surface area (Å²) in [5.41, 5.74) is 8.44. The number of benzene rings is 6. The predicted octanol–water partition coefficient (Wildman–Crippen LogP) is 11.8. The largest absolute Gasteiger partial charge is 0.508 e. The van der Waals surface area contributed by atoms with Crippen molar-refractivity contribution in [2.45, 2.75) is 76.8 Å². The average molecular weight is 940 g/mol. The molecule has 8 rings (SSSR count). The fraction of sp³-hybridized carbons (Fsp3) is 0.250. The standard InChI is InChI=1S/C28H25ClO4.C15H13ClO2.C13H14O3/c1-3-4-22(17-28(30)31-2)20-8-12-25(13-9-20)32-18-19-5-14-26-23(15-19)16-27(33-26)21-6-10-24(29)11-7-21;16-13-4-2-11(3-5-13)15-8-12-7-10(9-17)1-6-14(12)18-15;1-3-4-11(9-13(15)16-2)10-5-7-12(14)8-6-10/h5-15,22,27H,16-18H2,1-2H3;1-7,15,17H,8-9H2;5-8,11,14H,9H2,1-2H3/t22-,27+;15-;11-/m010/s1. The van der Waals surface area contributed by atoms with E-state index in [1.54, 1.807) is 38.1 Å². The predicted molar refractivity (Wildman–Crippen MR) is 260 cm³/mol. The molecule has 0 unspecified atom stereocenters. The van der Waals surface area contributed by atoms with E-state index in [-0.39, 0.29) is 61.2 Å². The maximum Gasteiger partial charge on any atom is 0.307 e. The number of ether oxygens (including phenoxy) is 5. The highest BCUT2D eigenvalue weighted by molar-refractivity contribution is 6.30. The Morgan fingerprint density at radius 3 is 1.49 bits per heavy atom. The van der Waals surface area contributed by atoms with Gasteiger partial charge in [0.15, 0.2) is 0 Å². The monoisotopic (exact) mass is 938 g/mol. The first kappa shape index (κ1) is 49.6. The molecule has 0 spiro atoms. The molecule has 344 valence electrons. The van der Waals surface area contributed by atoms with Crippen molar-refractivity contribution >= 4 is 35.1 Å². The summed E-state index contributed by atoms with van der Waals surface area (Å²) >= 11 is 11.9. The van der Waals surface area contributed by atoms with Crippen LogP contribution in [0, 0.1) is 23.7 Å². The van der Waals surface area contributed by atoms with Gasteiger partial charge in [0.05, 0.1) is 45.5 Å². The number of rotatable bonds is 12. The molecule has 2 aliphatic rings. The lowest BCUT2D eigenvalue weighted by Gasteiger charge is -2.12. The van der Waals surface area contributed by atoms with Gasteiger partial charge >= 0.3 is 11.9 Å². The van der Waals surface area contributed by atoms with Gasteiger partial charge in [-0.25, -0.2) is 0 Å². The highest BCUT2D eigenvalue weighted by Crippen LogP contribution is 2.39. The quantitative estimate of drug-likeness (QED) is 0.0912. The molecule has 2 heterocycles. The molecule has 6 aromatic carbocycles. The zero-order valence-corrected chi connectivity index (χ0v) is 39.3. The van der Waals surface area contributed by atoms with E-state index in [2.05, 4.69) is 34.5 Å². The number of methoxy groups -OCH3 is 2. The third-order valence-corrected chi connectivity index (χ3v) is 11.6. The lowest BCUT2D eigenvalue weighted by atomic mass is 9.96. The Bertz CT molecular complexity index is 2710. The molecule has 9 nitrogen and oxygen atoms in total. The molecule has 0 saturated heterocycles. The molecule has 11 heteroatoms. The van der Waals surface area contributed by atoms with E-state index in [4.69, 9.17) is 52.4 Å². The molecule has 2 N–H and O–H groups in total. The number of phenolic OH excluding ortho intramolecular Hbond substituents is 1. The van der Waals surface area contributed by atoms with Gasteiger partial charge in [0, 0.05) is 22.9 Å².